The van der Waals surface area contributed by atoms with Gasteiger partial charge in [-0.2, -0.15) is 0 Å². The topological polar surface area (TPSA) is 104 Å². The van der Waals surface area contributed by atoms with Gasteiger partial charge in [-0.1, -0.05) is 19.9 Å². The molecule has 1 aromatic carbocycles. The highest BCUT2D eigenvalue weighted by Crippen LogP contribution is 2.30. The van der Waals surface area contributed by atoms with E-state index in [4.69, 9.17) is 4.74 Å². The fourth-order valence-electron chi connectivity index (χ4n) is 4.24. The maximum atomic E-state index is 14.1. The molecule has 0 aliphatic carbocycles. The summed E-state index contributed by atoms with van der Waals surface area (Å²) >= 11 is 0. The summed E-state index contributed by atoms with van der Waals surface area (Å²) in [6, 6.07) is 2.00. The second kappa shape index (κ2) is 9.15. The zero-order valence-corrected chi connectivity index (χ0v) is 18.5. The van der Waals surface area contributed by atoms with Crippen molar-refractivity contribution in [3.63, 3.8) is 0 Å². The summed E-state index contributed by atoms with van der Waals surface area (Å²) in [5.41, 5.74) is -0.477. The van der Waals surface area contributed by atoms with Crippen molar-refractivity contribution < 1.29 is 33.1 Å². The number of hydrogen-bond donors (Lipinski definition) is 0. The standard InChI is InChI=1S/C22H26FN3O6/c1-12(2)18(24(3)4)22(31)32-11-10-25-16(27)9-8-15(20(25)29)26-19(28)13-6-5-7-14(23)17(13)21(26)30/h5-7,12,15,18H,8-11H2,1-4H3/t15?,18-/m0/s1. The number of nitrogens with zero attached hydrogens (tertiary/aromatic N) is 3. The second-order valence-corrected chi connectivity index (χ2v) is 8.40. The van der Waals surface area contributed by atoms with Gasteiger partial charge in [0.2, 0.25) is 5.91 Å². The van der Waals surface area contributed by atoms with Gasteiger partial charge in [-0.15, -0.1) is 0 Å². The monoisotopic (exact) mass is 447 g/mol. The van der Waals surface area contributed by atoms with E-state index in [1.165, 1.54) is 12.1 Å². The van der Waals surface area contributed by atoms with Gasteiger partial charge in [-0.25, -0.2) is 4.39 Å². The van der Waals surface area contributed by atoms with Crippen molar-refractivity contribution in [3.8, 4) is 0 Å². The lowest BCUT2D eigenvalue weighted by Gasteiger charge is -2.34. The number of carbonyl (C=O) groups excluding carboxylic acids is 5. The van der Waals surface area contributed by atoms with Gasteiger partial charge in [0.15, 0.2) is 0 Å². The highest BCUT2D eigenvalue weighted by atomic mass is 19.1. The molecule has 32 heavy (non-hydrogen) atoms. The first-order valence-electron chi connectivity index (χ1n) is 10.4. The van der Waals surface area contributed by atoms with Gasteiger partial charge < -0.3 is 4.74 Å². The number of ether oxygens (including phenoxy) is 1. The van der Waals surface area contributed by atoms with E-state index in [0.717, 1.165) is 15.9 Å². The van der Waals surface area contributed by atoms with Crippen molar-refractivity contribution in [2.24, 2.45) is 5.92 Å². The van der Waals surface area contributed by atoms with Crippen molar-refractivity contribution in [1.82, 2.24) is 14.7 Å². The van der Waals surface area contributed by atoms with Crippen LogP contribution in [0.15, 0.2) is 18.2 Å². The molecule has 0 spiro atoms. The second-order valence-electron chi connectivity index (χ2n) is 8.40. The number of piperidine rings is 1. The Morgan fingerprint density at radius 1 is 1.19 bits per heavy atom. The molecule has 2 aliphatic rings. The first kappa shape index (κ1) is 23.5. The number of imide groups is 2. The Bertz CT molecular complexity index is 968. The van der Waals surface area contributed by atoms with Crippen LogP contribution in [0.4, 0.5) is 4.39 Å². The van der Waals surface area contributed by atoms with Crippen LogP contribution in [-0.2, 0) is 19.1 Å². The molecule has 0 saturated carbocycles. The zero-order valence-electron chi connectivity index (χ0n) is 18.5. The molecule has 0 aromatic heterocycles. The Morgan fingerprint density at radius 2 is 1.88 bits per heavy atom. The number of rotatable bonds is 7. The van der Waals surface area contributed by atoms with Crippen molar-refractivity contribution in [2.75, 3.05) is 27.2 Å². The summed E-state index contributed by atoms with van der Waals surface area (Å²) in [5, 5.41) is 0. The fourth-order valence-corrected chi connectivity index (χ4v) is 4.24. The van der Waals surface area contributed by atoms with Gasteiger partial charge in [0.05, 0.1) is 17.7 Å². The summed E-state index contributed by atoms with van der Waals surface area (Å²) in [4.78, 5) is 66.4. The minimum atomic E-state index is -1.22. The van der Waals surface area contributed by atoms with E-state index in [-0.39, 0.29) is 43.0 Å². The van der Waals surface area contributed by atoms with Crippen molar-refractivity contribution >= 4 is 29.6 Å². The molecular weight excluding hydrogens is 421 g/mol. The number of halogens is 1. The third kappa shape index (κ3) is 4.14. The number of amides is 4. The molecule has 172 valence electrons. The highest BCUT2D eigenvalue weighted by molar-refractivity contribution is 6.23. The lowest BCUT2D eigenvalue weighted by Crippen LogP contribution is -2.56. The van der Waals surface area contributed by atoms with E-state index in [9.17, 15) is 28.4 Å². The number of hydrogen-bond acceptors (Lipinski definition) is 7. The van der Waals surface area contributed by atoms with E-state index in [0.29, 0.717) is 0 Å². The predicted octanol–water partition coefficient (Wildman–Crippen LogP) is 1.07. The van der Waals surface area contributed by atoms with Gasteiger partial charge in [-0.05, 0) is 38.6 Å². The highest BCUT2D eigenvalue weighted by Gasteiger charge is 2.47. The van der Waals surface area contributed by atoms with Crippen LogP contribution in [0.3, 0.4) is 0 Å². The molecule has 1 saturated heterocycles. The van der Waals surface area contributed by atoms with Gasteiger partial charge in [0, 0.05) is 6.42 Å². The smallest absolute Gasteiger partial charge is 0.323 e. The van der Waals surface area contributed by atoms with E-state index >= 15 is 0 Å². The molecule has 2 atom stereocenters. The number of likely N-dealkylation sites (tertiary alicyclic amines) is 1. The molecule has 0 radical (unpaired) electrons. The van der Waals surface area contributed by atoms with Crippen molar-refractivity contribution in [3.05, 3.63) is 35.1 Å². The summed E-state index contributed by atoms with van der Waals surface area (Å²) in [5.74, 6) is -4.23. The molecule has 0 bridgehead atoms. The third-order valence-electron chi connectivity index (χ3n) is 5.68. The number of fused-ring (bicyclic) bond motifs is 1. The Kier molecular flexibility index (Phi) is 6.73. The van der Waals surface area contributed by atoms with E-state index in [1.807, 2.05) is 13.8 Å². The Balaban J connectivity index is 1.70. The average molecular weight is 447 g/mol. The van der Waals surface area contributed by atoms with Crippen molar-refractivity contribution in [2.45, 2.75) is 38.8 Å². The van der Waals surface area contributed by atoms with Crippen LogP contribution in [-0.4, -0.2) is 83.6 Å². The van der Waals surface area contributed by atoms with Crippen LogP contribution < -0.4 is 0 Å². The number of benzene rings is 1. The minimum absolute atomic E-state index is 0.00523. The molecule has 2 heterocycles. The molecule has 10 heteroatoms. The zero-order chi connectivity index (χ0) is 23.7. The maximum Gasteiger partial charge on any atom is 0.323 e. The Hall–Kier alpha value is -3.14. The minimum Gasteiger partial charge on any atom is -0.463 e. The largest absolute Gasteiger partial charge is 0.463 e. The van der Waals surface area contributed by atoms with Crippen LogP contribution in [0.5, 0.6) is 0 Å². The summed E-state index contributed by atoms with van der Waals surface area (Å²) < 4.78 is 19.4. The molecule has 3 rings (SSSR count). The fraction of sp³-hybridized carbons (Fsp3) is 0.500. The lowest BCUT2D eigenvalue weighted by atomic mass is 10.0. The Morgan fingerprint density at radius 3 is 2.47 bits per heavy atom. The van der Waals surface area contributed by atoms with E-state index < -0.39 is 47.5 Å². The average Bonchev–Trinajstić information content (AvgIpc) is 2.96. The van der Waals surface area contributed by atoms with Crippen LogP contribution in [0.2, 0.25) is 0 Å². The molecule has 1 unspecified atom stereocenters. The molecule has 1 aromatic rings. The summed E-state index contributed by atoms with van der Waals surface area (Å²) in [7, 11) is 3.50. The molecule has 9 nitrogen and oxygen atoms in total. The molecule has 2 aliphatic heterocycles. The van der Waals surface area contributed by atoms with Crippen LogP contribution >= 0.6 is 0 Å². The van der Waals surface area contributed by atoms with Crippen LogP contribution in [0.25, 0.3) is 0 Å². The normalized spacial score (nSPS) is 19.8. The molecular formula is C22H26FN3O6. The summed E-state index contributed by atoms with van der Waals surface area (Å²) in [6.45, 7) is 3.34. The molecule has 4 amide bonds. The van der Waals surface area contributed by atoms with Gasteiger partial charge >= 0.3 is 5.97 Å². The Labute approximate surface area is 185 Å². The van der Waals surface area contributed by atoms with Crippen LogP contribution in [0.1, 0.15) is 47.4 Å². The predicted molar refractivity (Wildman–Crippen MR) is 110 cm³/mol. The summed E-state index contributed by atoms with van der Waals surface area (Å²) in [6.07, 6.45) is -0.121. The van der Waals surface area contributed by atoms with Gasteiger partial charge in [0.1, 0.15) is 24.5 Å². The van der Waals surface area contributed by atoms with Gasteiger partial charge in [0.25, 0.3) is 17.7 Å². The maximum absolute atomic E-state index is 14.1. The molecule has 0 N–H and O–H groups in total. The lowest BCUT2D eigenvalue weighted by molar-refractivity contribution is -0.158. The van der Waals surface area contributed by atoms with Crippen molar-refractivity contribution in [1.29, 1.82) is 0 Å². The SMILES string of the molecule is CC(C)[C@@H](C(=O)OCCN1C(=O)CCC(N2C(=O)c3cccc(F)c3C2=O)C1=O)N(C)C. The number of likely N-dealkylation sites (N-methyl/N-ethyl adjacent to an activating group) is 1. The van der Waals surface area contributed by atoms with Gasteiger partial charge in [-0.3, -0.25) is 38.7 Å². The molecule has 1 fully saturated rings. The number of carbonyl (C=O) groups is 5. The first-order valence-corrected chi connectivity index (χ1v) is 10.4. The quantitative estimate of drug-likeness (QED) is 0.455. The van der Waals surface area contributed by atoms with Crippen LogP contribution in [0, 0.1) is 11.7 Å². The third-order valence-corrected chi connectivity index (χ3v) is 5.68. The first-order chi connectivity index (χ1) is 15.1. The number of esters is 1. The van der Waals surface area contributed by atoms with E-state index in [2.05, 4.69) is 0 Å². The van der Waals surface area contributed by atoms with E-state index in [1.54, 1.807) is 19.0 Å².